The molecule has 0 unspecified atom stereocenters. The van der Waals surface area contributed by atoms with Crippen molar-refractivity contribution in [2.75, 3.05) is 13.9 Å². The number of pyridine rings is 1. The van der Waals surface area contributed by atoms with E-state index < -0.39 is 30.7 Å². The second kappa shape index (κ2) is 15.1. The summed E-state index contributed by atoms with van der Waals surface area (Å²) in [5.41, 5.74) is 1.20. The number of methoxy groups -OCH3 is 1. The first-order valence-electron chi connectivity index (χ1n) is 13.7. The van der Waals surface area contributed by atoms with Crippen LogP contribution >= 0.6 is 0 Å². The summed E-state index contributed by atoms with van der Waals surface area (Å²) in [6.07, 6.45) is 7.28. The van der Waals surface area contributed by atoms with Gasteiger partial charge in [0, 0.05) is 19.2 Å². The molecule has 2 aromatic rings. The Morgan fingerprint density at radius 3 is 2.62 bits per heavy atom. The van der Waals surface area contributed by atoms with Crippen LogP contribution in [0, 0.1) is 11.8 Å². The van der Waals surface area contributed by atoms with Crippen molar-refractivity contribution in [1.29, 1.82) is 0 Å². The number of benzene rings is 1. The summed E-state index contributed by atoms with van der Waals surface area (Å²) in [7, 11) is 1.42. The predicted octanol–water partition coefficient (Wildman–Crippen LogP) is 4.87. The van der Waals surface area contributed by atoms with Crippen LogP contribution < -0.4 is 14.8 Å². The van der Waals surface area contributed by atoms with Gasteiger partial charge in [0.25, 0.3) is 5.91 Å². The molecule has 4 atom stereocenters. The van der Waals surface area contributed by atoms with Crippen LogP contribution in [0.5, 0.6) is 11.5 Å². The van der Waals surface area contributed by atoms with Gasteiger partial charge in [-0.3, -0.25) is 9.59 Å². The molecule has 1 saturated heterocycles. The van der Waals surface area contributed by atoms with Crippen molar-refractivity contribution < 1.29 is 33.3 Å². The van der Waals surface area contributed by atoms with E-state index in [9.17, 15) is 14.4 Å². The summed E-state index contributed by atoms with van der Waals surface area (Å²) >= 11 is 0. The van der Waals surface area contributed by atoms with Gasteiger partial charge in [0.05, 0.1) is 7.11 Å². The normalized spacial score (nSPS) is 21.5. The first kappa shape index (κ1) is 29.9. The lowest BCUT2D eigenvalue weighted by Gasteiger charge is -2.31. The minimum atomic E-state index is -0.837. The number of aromatic nitrogens is 1. The number of hydrogen-bond donors (Lipinski definition) is 1. The molecular weight excluding hydrogens is 500 g/mol. The molecule has 39 heavy (non-hydrogen) atoms. The zero-order chi connectivity index (χ0) is 28.2. The number of carbonyl (C=O) groups excluding carboxylic acids is 3. The summed E-state index contributed by atoms with van der Waals surface area (Å²) in [5, 5.41) is 2.80. The second-order valence-electron chi connectivity index (χ2n) is 9.94. The third-order valence-corrected chi connectivity index (χ3v) is 7.17. The molecule has 1 aromatic heterocycles. The monoisotopic (exact) mass is 540 g/mol. The zero-order valence-corrected chi connectivity index (χ0v) is 23.3. The Balaban J connectivity index is 1.77. The Kier molecular flexibility index (Phi) is 11.6. The minimum Gasteiger partial charge on any atom is -0.493 e. The summed E-state index contributed by atoms with van der Waals surface area (Å²) in [4.78, 5) is 41.9. The van der Waals surface area contributed by atoms with Gasteiger partial charge in [-0.2, -0.15) is 0 Å². The smallest absolute Gasteiger partial charge is 0.328 e. The lowest BCUT2D eigenvalue weighted by Crippen LogP contribution is -2.43. The quantitative estimate of drug-likeness (QED) is 0.317. The van der Waals surface area contributed by atoms with Crippen molar-refractivity contribution in [2.45, 2.75) is 77.9 Å². The molecule has 0 saturated carbocycles. The topological polar surface area (TPSA) is 113 Å². The maximum absolute atomic E-state index is 13.3. The molecule has 1 fully saturated rings. The maximum atomic E-state index is 13.3. The van der Waals surface area contributed by atoms with Crippen molar-refractivity contribution in [3.8, 4) is 11.5 Å². The van der Waals surface area contributed by atoms with E-state index in [4.69, 9.17) is 18.9 Å². The van der Waals surface area contributed by atoms with E-state index in [1.807, 2.05) is 13.0 Å². The highest BCUT2D eigenvalue weighted by Crippen LogP contribution is 2.34. The van der Waals surface area contributed by atoms with Gasteiger partial charge in [-0.05, 0) is 50.0 Å². The highest BCUT2D eigenvalue weighted by atomic mass is 16.7. The highest BCUT2D eigenvalue weighted by molar-refractivity contribution is 5.98. The van der Waals surface area contributed by atoms with Crippen LogP contribution in [0.1, 0.15) is 75.3 Å². The number of nitrogens with one attached hydrogen (secondary N) is 1. The Hall–Kier alpha value is -3.62. The molecule has 0 aliphatic carbocycles. The van der Waals surface area contributed by atoms with E-state index in [1.165, 1.54) is 31.9 Å². The fourth-order valence-corrected chi connectivity index (χ4v) is 5.15. The van der Waals surface area contributed by atoms with Gasteiger partial charge >= 0.3 is 11.9 Å². The fraction of sp³-hybridized carbons (Fsp3) is 0.533. The maximum Gasteiger partial charge on any atom is 0.328 e. The molecule has 0 radical (unpaired) electrons. The van der Waals surface area contributed by atoms with Gasteiger partial charge in [0.15, 0.2) is 17.2 Å². The fourth-order valence-electron chi connectivity index (χ4n) is 5.15. The number of unbranched alkanes of at least 4 members (excludes halogenated alkanes) is 1. The lowest BCUT2D eigenvalue weighted by molar-refractivity contribution is -0.154. The molecular formula is C30H40N2O7. The van der Waals surface area contributed by atoms with Gasteiger partial charge < -0.3 is 24.3 Å². The number of esters is 2. The van der Waals surface area contributed by atoms with Crippen LogP contribution in [-0.2, 0) is 25.5 Å². The Morgan fingerprint density at radius 2 is 1.92 bits per heavy atom. The summed E-state index contributed by atoms with van der Waals surface area (Å²) in [6, 6.07) is 11.1. The van der Waals surface area contributed by atoms with E-state index in [-0.39, 0.29) is 29.2 Å². The molecule has 1 N–H and O–H groups in total. The third kappa shape index (κ3) is 8.70. The standard InChI is InChI=1S/C30H40N2O7/c1-5-6-14-24-20(2)39-30(35)25(15-10-13-23(24)18-22-11-8-7-9-12-22)32-29(34)27-28(38-19-37-21(3)33)26(36-4)16-17-31-27/h7-9,11-12,16-17,20,23-25H,5-6,10,13-15,18-19H2,1-4H3,(H,32,34)/t20-,23+,24-,25-/m0/s1. The van der Waals surface area contributed by atoms with Gasteiger partial charge in [-0.1, -0.05) is 56.5 Å². The van der Waals surface area contributed by atoms with E-state index in [0.717, 1.165) is 38.5 Å². The first-order valence-corrected chi connectivity index (χ1v) is 13.7. The van der Waals surface area contributed by atoms with Crippen LogP contribution in [0.4, 0.5) is 0 Å². The van der Waals surface area contributed by atoms with Crippen LogP contribution in [-0.4, -0.2) is 48.9 Å². The Bertz CT molecular complexity index is 1090. The van der Waals surface area contributed by atoms with Gasteiger partial charge in [-0.15, -0.1) is 0 Å². The minimum absolute atomic E-state index is 0.0195. The lowest BCUT2D eigenvalue weighted by atomic mass is 9.78. The average Bonchev–Trinajstić information content (AvgIpc) is 2.96. The second-order valence-corrected chi connectivity index (χ2v) is 9.94. The highest BCUT2D eigenvalue weighted by Gasteiger charge is 2.34. The summed E-state index contributed by atoms with van der Waals surface area (Å²) in [6.45, 7) is 4.96. The van der Waals surface area contributed by atoms with Crippen LogP contribution in [0.2, 0.25) is 0 Å². The first-order chi connectivity index (χ1) is 18.8. The molecule has 1 aliphatic heterocycles. The van der Waals surface area contributed by atoms with Crippen LogP contribution in [0.3, 0.4) is 0 Å². The number of rotatable bonds is 11. The Labute approximate surface area is 230 Å². The van der Waals surface area contributed by atoms with E-state index in [1.54, 1.807) is 0 Å². The number of hydrogen-bond acceptors (Lipinski definition) is 8. The van der Waals surface area contributed by atoms with Crippen LogP contribution in [0.25, 0.3) is 0 Å². The van der Waals surface area contributed by atoms with Crippen molar-refractivity contribution in [2.24, 2.45) is 11.8 Å². The largest absolute Gasteiger partial charge is 0.493 e. The molecule has 0 bridgehead atoms. The van der Waals surface area contributed by atoms with Crippen molar-refractivity contribution in [3.63, 3.8) is 0 Å². The molecule has 212 valence electrons. The molecule has 2 heterocycles. The zero-order valence-electron chi connectivity index (χ0n) is 23.3. The Morgan fingerprint density at radius 1 is 1.15 bits per heavy atom. The molecule has 9 nitrogen and oxygen atoms in total. The summed E-state index contributed by atoms with van der Waals surface area (Å²) < 4.78 is 21.6. The number of ether oxygens (including phenoxy) is 4. The number of amides is 1. The predicted molar refractivity (Wildman–Crippen MR) is 145 cm³/mol. The summed E-state index contributed by atoms with van der Waals surface area (Å²) in [5.74, 6) is -0.745. The molecule has 1 amide bonds. The van der Waals surface area contributed by atoms with Gasteiger partial charge in [0.1, 0.15) is 12.1 Å². The molecule has 3 rings (SSSR count). The number of nitrogens with zero attached hydrogens (tertiary/aromatic N) is 1. The van der Waals surface area contributed by atoms with Gasteiger partial charge in [0.2, 0.25) is 6.79 Å². The third-order valence-electron chi connectivity index (χ3n) is 7.17. The van der Waals surface area contributed by atoms with Crippen molar-refractivity contribution in [3.05, 3.63) is 53.9 Å². The number of cyclic esters (lactones) is 1. The number of carbonyl (C=O) groups is 3. The van der Waals surface area contributed by atoms with Crippen molar-refractivity contribution >= 4 is 17.8 Å². The molecule has 1 aromatic carbocycles. The van der Waals surface area contributed by atoms with Crippen LogP contribution in [0.15, 0.2) is 42.6 Å². The van der Waals surface area contributed by atoms with E-state index >= 15 is 0 Å². The van der Waals surface area contributed by atoms with Gasteiger partial charge in [-0.25, -0.2) is 9.78 Å². The average molecular weight is 541 g/mol. The SMILES string of the molecule is CCCC[C@@H]1[C@@H](Cc2ccccc2)CCC[C@H](NC(=O)c2nccc(OC)c2OCOC(C)=O)C(=O)O[C@H]1C. The van der Waals surface area contributed by atoms with E-state index in [0.29, 0.717) is 12.3 Å². The van der Waals surface area contributed by atoms with E-state index in [2.05, 4.69) is 41.5 Å². The molecule has 1 aliphatic rings. The molecule has 0 spiro atoms. The molecule has 9 heteroatoms. The van der Waals surface area contributed by atoms with Crippen molar-refractivity contribution in [1.82, 2.24) is 10.3 Å².